The standard InChI is InChI=1S/C28H25NO6/c1-4-35-22-14-13-19(15-17(22)2)25(30)23-24(18-9-6-5-7-10-18)29(27(32)26(23)31)21-12-8-11-20(16-21)28(33)34-3/h5-16,24,30H,4H2,1-3H3/b25-23+. The van der Waals surface area contributed by atoms with Crippen LogP contribution in [0.1, 0.15) is 40.0 Å². The highest BCUT2D eigenvalue weighted by Crippen LogP contribution is 2.42. The fourth-order valence-electron chi connectivity index (χ4n) is 4.22. The van der Waals surface area contributed by atoms with Gasteiger partial charge in [-0.25, -0.2) is 4.79 Å². The van der Waals surface area contributed by atoms with E-state index in [0.29, 0.717) is 29.2 Å². The summed E-state index contributed by atoms with van der Waals surface area (Å²) in [6.45, 7) is 4.22. The average Bonchev–Trinajstić information content (AvgIpc) is 3.15. The molecule has 1 heterocycles. The highest BCUT2D eigenvalue weighted by atomic mass is 16.5. The summed E-state index contributed by atoms with van der Waals surface area (Å²) < 4.78 is 10.4. The first-order valence-electron chi connectivity index (χ1n) is 11.2. The third kappa shape index (κ3) is 4.40. The summed E-state index contributed by atoms with van der Waals surface area (Å²) in [7, 11) is 1.27. The van der Waals surface area contributed by atoms with Gasteiger partial charge in [-0.2, -0.15) is 0 Å². The van der Waals surface area contributed by atoms with E-state index in [2.05, 4.69) is 0 Å². The summed E-state index contributed by atoms with van der Waals surface area (Å²) in [5, 5.41) is 11.3. The second-order valence-electron chi connectivity index (χ2n) is 8.03. The monoisotopic (exact) mass is 471 g/mol. The molecule has 1 saturated heterocycles. The molecule has 1 aliphatic heterocycles. The molecule has 4 rings (SSSR count). The minimum Gasteiger partial charge on any atom is -0.507 e. The Bertz CT molecular complexity index is 1330. The molecular formula is C28H25NO6. The summed E-state index contributed by atoms with van der Waals surface area (Å²) in [6, 6.07) is 19.5. The molecule has 1 unspecified atom stereocenters. The number of methoxy groups -OCH3 is 1. The normalized spacial score (nSPS) is 16.9. The van der Waals surface area contributed by atoms with Crippen LogP contribution < -0.4 is 9.64 Å². The zero-order valence-corrected chi connectivity index (χ0v) is 19.6. The van der Waals surface area contributed by atoms with Gasteiger partial charge in [0.15, 0.2) is 0 Å². The average molecular weight is 472 g/mol. The van der Waals surface area contributed by atoms with E-state index in [9.17, 15) is 19.5 Å². The van der Waals surface area contributed by atoms with E-state index in [1.54, 1.807) is 60.7 Å². The fourth-order valence-corrected chi connectivity index (χ4v) is 4.22. The van der Waals surface area contributed by atoms with Crippen molar-refractivity contribution in [2.45, 2.75) is 19.9 Å². The molecule has 1 amide bonds. The lowest BCUT2D eigenvalue weighted by Crippen LogP contribution is -2.29. The van der Waals surface area contributed by atoms with Crippen LogP contribution in [0.25, 0.3) is 5.76 Å². The van der Waals surface area contributed by atoms with Gasteiger partial charge in [-0.3, -0.25) is 14.5 Å². The maximum atomic E-state index is 13.3. The fraction of sp³-hybridized carbons (Fsp3) is 0.179. The van der Waals surface area contributed by atoms with Crippen LogP contribution in [0.4, 0.5) is 5.69 Å². The number of hydrogen-bond acceptors (Lipinski definition) is 6. The lowest BCUT2D eigenvalue weighted by molar-refractivity contribution is -0.132. The highest BCUT2D eigenvalue weighted by Gasteiger charge is 2.47. The van der Waals surface area contributed by atoms with E-state index in [4.69, 9.17) is 9.47 Å². The number of aliphatic hydroxyl groups is 1. The predicted octanol–water partition coefficient (Wildman–Crippen LogP) is 4.81. The number of anilines is 1. The van der Waals surface area contributed by atoms with Crippen LogP contribution in [0.15, 0.2) is 78.4 Å². The first-order chi connectivity index (χ1) is 16.9. The molecule has 0 radical (unpaired) electrons. The van der Waals surface area contributed by atoms with Crippen molar-refractivity contribution in [2.24, 2.45) is 0 Å². The van der Waals surface area contributed by atoms with Crippen molar-refractivity contribution >= 4 is 29.1 Å². The summed E-state index contributed by atoms with van der Waals surface area (Å²) in [5.41, 5.74) is 2.36. The topological polar surface area (TPSA) is 93.1 Å². The largest absolute Gasteiger partial charge is 0.507 e. The molecule has 0 bridgehead atoms. The van der Waals surface area contributed by atoms with Gasteiger partial charge < -0.3 is 14.6 Å². The zero-order chi connectivity index (χ0) is 25.1. The molecule has 0 aromatic heterocycles. The smallest absolute Gasteiger partial charge is 0.337 e. The second-order valence-corrected chi connectivity index (χ2v) is 8.03. The quantitative estimate of drug-likeness (QED) is 0.240. The molecule has 1 aliphatic rings. The zero-order valence-electron chi connectivity index (χ0n) is 19.6. The Labute approximate surface area is 203 Å². The van der Waals surface area contributed by atoms with Crippen LogP contribution >= 0.6 is 0 Å². The van der Waals surface area contributed by atoms with Crippen molar-refractivity contribution in [1.82, 2.24) is 0 Å². The Morgan fingerprint density at radius 2 is 1.71 bits per heavy atom. The Kier molecular flexibility index (Phi) is 6.68. The maximum absolute atomic E-state index is 13.3. The number of aliphatic hydroxyl groups excluding tert-OH is 1. The number of ether oxygens (including phenoxy) is 2. The Morgan fingerprint density at radius 1 is 0.971 bits per heavy atom. The predicted molar refractivity (Wildman–Crippen MR) is 131 cm³/mol. The number of rotatable bonds is 6. The summed E-state index contributed by atoms with van der Waals surface area (Å²) in [5.74, 6) is -1.79. The molecule has 7 nitrogen and oxygen atoms in total. The number of aryl methyl sites for hydroxylation is 1. The lowest BCUT2D eigenvalue weighted by Gasteiger charge is -2.25. The van der Waals surface area contributed by atoms with Gasteiger partial charge in [0.05, 0.1) is 30.9 Å². The number of ketones is 1. The lowest BCUT2D eigenvalue weighted by atomic mass is 9.94. The van der Waals surface area contributed by atoms with Crippen LogP contribution in [0.5, 0.6) is 5.75 Å². The number of carbonyl (C=O) groups is 3. The van der Waals surface area contributed by atoms with E-state index < -0.39 is 23.7 Å². The van der Waals surface area contributed by atoms with Crippen LogP contribution in [-0.2, 0) is 14.3 Å². The van der Waals surface area contributed by atoms with E-state index in [0.717, 1.165) is 5.56 Å². The second kappa shape index (κ2) is 9.85. The van der Waals surface area contributed by atoms with Crippen LogP contribution in [0.3, 0.4) is 0 Å². The maximum Gasteiger partial charge on any atom is 0.337 e. The minimum atomic E-state index is -0.893. The van der Waals surface area contributed by atoms with Gasteiger partial charge in [0.1, 0.15) is 11.5 Å². The van der Waals surface area contributed by atoms with Crippen LogP contribution in [-0.4, -0.2) is 36.5 Å². The number of Topliss-reactive ketones (excluding diaryl/α,β-unsaturated/α-hetero) is 1. The van der Waals surface area contributed by atoms with E-state index in [1.165, 1.54) is 18.1 Å². The number of hydrogen-bond donors (Lipinski definition) is 1. The van der Waals surface area contributed by atoms with Crippen molar-refractivity contribution in [2.75, 3.05) is 18.6 Å². The molecule has 7 heteroatoms. The summed E-state index contributed by atoms with van der Waals surface area (Å²) in [6.07, 6.45) is 0. The van der Waals surface area contributed by atoms with Crippen molar-refractivity contribution in [3.63, 3.8) is 0 Å². The molecule has 3 aromatic carbocycles. The molecule has 0 aliphatic carbocycles. The SMILES string of the molecule is CCOc1ccc(/C(O)=C2\C(=O)C(=O)N(c3cccc(C(=O)OC)c3)C2c2ccccc2)cc1C. The molecule has 0 saturated carbocycles. The number of amides is 1. The van der Waals surface area contributed by atoms with Crippen molar-refractivity contribution in [3.8, 4) is 5.75 Å². The van der Waals surface area contributed by atoms with Gasteiger partial charge in [0, 0.05) is 11.3 Å². The highest BCUT2D eigenvalue weighted by molar-refractivity contribution is 6.51. The third-order valence-corrected chi connectivity index (χ3v) is 5.85. The number of nitrogens with zero attached hydrogens (tertiary/aromatic N) is 1. The van der Waals surface area contributed by atoms with Crippen LogP contribution in [0.2, 0.25) is 0 Å². The van der Waals surface area contributed by atoms with E-state index in [1.807, 2.05) is 19.9 Å². The van der Waals surface area contributed by atoms with Gasteiger partial charge in [0.2, 0.25) is 0 Å². The molecule has 35 heavy (non-hydrogen) atoms. The number of carbonyl (C=O) groups excluding carboxylic acids is 3. The van der Waals surface area contributed by atoms with Crippen molar-refractivity contribution in [3.05, 3.63) is 101 Å². The van der Waals surface area contributed by atoms with Crippen LogP contribution in [0, 0.1) is 6.92 Å². The first kappa shape index (κ1) is 23.8. The van der Waals surface area contributed by atoms with Crippen molar-refractivity contribution in [1.29, 1.82) is 0 Å². The van der Waals surface area contributed by atoms with E-state index in [-0.39, 0.29) is 16.9 Å². The van der Waals surface area contributed by atoms with Gasteiger partial charge in [0.25, 0.3) is 11.7 Å². The number of benzene rings is 3. The Balaban J connectivity index is 1.90. The molecule has 0 spiro atoms. The Hall–Kier alpha value is -4.39. The van der Waals surface area contributed by atoms with E-state index >= 15 is 0 Å². The first-order valence-corrected chi connectivity index (χ1v) is 11.2. The van der Waals surface area contributed by atoms with Gasteiger partial charge in [-0.05, 0) is 61.4 Å². The van der Waals surface area contributed by atoms with Crippen molar-refractivity contribution < 1.29 is 29.0 Å². The minimum absolute atomic E-state index is 0.0340. The number of esters is 1. The van der Waals surface area contributed by atoms with Gasteiger partial charge in [-0.1, -0.05) is 36.4 Å². The third-order valence-electron chi connectivity index (χ3n) is 5.85. The molecule has 1 fully saturated rings. The summed E-state index contributed by atoms with van der Waals surface area (Å²) >= 11 is 0. The van der Waals surface area contributed by atoms with Gasteiger partial charge >= 0.3 is 5.97 Å². The molecule has 1 N–H and O–H groups in total. The van der Waals surface area contributed by atoms with Gasteiger partial charge in [-0.15, -0.1) is 0 Å². The molecule has 3 aromatic rings. The molecular weight excluding hydrogens is 446 g/mol. The molecule has 1 atom stereocenters. The Morgan fingerprint density at radius 3 is 2.37 bits per heavy atom. The molecule has 178 valence electrons. The summed E-state index contributed by atoms with van der Waals surface area (Å²) in [4.78, 5) is 40.0.